The van der Waals surface area contributed by atoms with Crippen LogP contribution in [0.5, 0.6) is 5.75 Å². The van der Waals surface area contributed by atoms with Crippen molar-refractivity contribution in [1.29, 1.82) is 0 Å². The smallest absolute Gasteiger partial charge is 0.168 e. The molecule has 1 saturated heterocycles. The van der Waals surface area contributed by atoms with E-state index in [9.17, 15) is 9.18 Å². The highest BCUT2D eigenvalue weighted by Gasteiger charge is 2.29. The summed E-state index contributed by atoms with van der Waals surface area (Å²) >= 11 is 0. The van der Waals surface area contributed by atoms with Gasteiger partial charge in [-0.3, -0.25) is 4.79 Å². The molecule has 98 valence electrons. The minimum Gasteiger partial charge on any atom is -0.494 e. The molecule has 1 aromatic carbocycles. The van der Waals surface area contributed by atoms with Gasteiger partial charge in [-0.05, 0) is 24.1 Å². The summed E-state index contributed by atoms with van der Waals surface area (Å²) in [5.41, 5.74) is 0.415. The van der Waals surface area contributed by atoms with Crippen molar-refractivity contribution in [3.63, 3.8) is 0 Å². The van der Waals surface area contributed by atoms with Gasteiger partial charge in [0.25, 0.3) is 0 Å². The van der Waals surface area contributed by atoms with E-state index in [2.05, 4.69) is 5.32 Å². The second-order valence-corrected chi connectivity index (χ2v) is 4.82. The van der Waals surface area contributed by atoms with E-state index in [0.29, 0.717) is 18.0 Å². The lowest BCUT2D eigenvalue weighted by molar-refractivity contribution is -0.122. The Hall–Kier alpha value is -1.42. The monoisotopic (exact) mass is 251 g/mol. The van der Waals surface area contributed by atoms with E-state index in [1.807, 2.05) is 6.92 Å². The first kappa shape index (κ1) is 13.0. The average Bonchev–Trinajstić information content (AvgIpc) is 2.78. The molecule has 1 N–H and O–H groups in total. The van der Waals surface area contributed by atoms with Crippen LogP contribution in [-0.4, -0.2) is 26.0 Å². The Bertz CT molecular complexity index is 447. The molecule has 2 rings (SSSR count). The number of hydrogen-bond acceptors (Lipinski definition) is 3. The van der Waals surface area contributed by atoms with E-state index in [4.69, 9.17) is 4.74 Å². The first-order valence-corrected chi connectivity index (χ1v) is 6.18. The summed E-state index contributed by atoms with van der Waals surface area (Å²) in [6, 6.07) is 4.91. The van der Waals surface area contributed by atoms with E-state index in [0.717, 1.165) is 6.54 Å². The van der Waals surface area contributed by atoms with E-state index < -0.39 is 5.82 Å². The maximum absolute atomic E-state index is 13.9. The normalized spacial score (nSPS) is 23.1. The lowest BCUT2D eigenvalue weighted by Crippen LogP contribution is -2.23. The molecule has 1 aromatic rings. The van der Waals surface area contributed by atoms with Crippen molar-refractivity contribution in [2.75, 3.05) is 20.2 Å². The quantitative estimate of drug-likeness (QED) is 0.886. The van der Waals surface area contributed by atoms with Crippen molar-refractivity contribution < 1.29 is 13.9 Å². The second-order valence-electron chi connectivity index (χ2n) is 4.82. The Morgan fingerprint density at radius 2 is 2.28 bits per heavy atom. The molecule has 0 spiro atoms. The highest BCUT2D eigenvalue weighted by atomic mass is 19.1. The number of carbonyl (C=O) groups excluding carboxylic acids is 1. The van der Waals surface area contributed by atoms with Gasteiger partial charge in [-0.15, -0.1) is 0 Å². The third-order valence-electron chi connectivity index (χ3n) is 3.56. The number of Topliss-reactive ketones (excluding diaryl/α,β-unsaturated/α-hetero) is 1. The molecule has 0 amide bonds. The van der Waals surface area contributed by atoms with Gasteiger partial charge in [0, 0.05) is 18.9 Å². The van der Waals surface area contributed by atoms with Gasteiger partial charge in [-0.25, -0.2) is 4.39 Å². The summed E-state index contributed by atoms with van der Waals surface area (Å²) in [7, 11) is 1.42. The van der Waals surface area contributed by atoms with Gasteiger partial charge in [0.2, 0.25) is 0 Å². The molecule has 0 aliphatic carbocycles. The van der Waals surface area contributed by atoms with Crippen LogP contribution >= 0.6 is 0 Å². The number of rotatable bonds is 4. The topological polar surface area (TPSA) is 38.3 Å². The van der Waals surface area contributed by atoms with Gasteiger partial charge >= 0.3 is 0 Å². The van der Waals surface area contributed by atoms with Crippen molar-refractivity contribution in [2.24, 2.45) is 11.8 Å². The van der Waals surface area contributed by atoms with Crippen LogP contribution in [0.3, 0.4) is 0 Å². The van der Waals surface area contributed by atoms with Crippen molar-refractivity contribution in [1.82, 2.24) is 5.32 Å². The van der Waals surface area contributed by atoms with Gasteiger partial charge in [0.1, 0.15) is 5.78 Å². The fourth-order valence-electron chi connectivity index (χ4n) is 2.41. The van der Waals surface area contributed by atoms with Gasteiger partial charge in [0.05, 0.1) is 7.11 Å². The fraction of sp³-hybridized carbons (Fsp3) is 0.500. The van der Waals surface area contributed by atoms with Crippen molar-refractivity contribution in [3.8, 4) is 5.75 Å². The summed E-state index contributed by atoms with van der Waals surface area (Å²) in [6.45, 7) is 3.60. The first-order chi connectivity index (χ1) is 8.63. The Morgan fingerprint density at radius 3 is 2.89 bits per heavy atom. The zero-order chi connectivity index (χ0) is 13.1. The molecule has 1 aliphatic heterocycles. The molecule has 4 heteroatoms. The minimum atomic E-state index is -0.424. The van der Waals surface area contributed by atoms with E-state index in [-0.39, 0.29) is 23.9 Å². The van der Waals surface area contributed by atoms with Crippen molar-refractivity contribution >= 4 is 5.78 Å². The zero-order valence-electron chi connectivity index (χ0n) is 10.7. The molecular weight excluding hydrogens is 233 g/mol. The summed E-state index contributed by atoms with van der Waals surface area (Å²) in [6.07, 6.45) is 0.139. The first-order valence-electron chi connectivity index (χ1n) is 6.18. The molecule has 0 saturated carbocycles. The van der Waals surface area contributed by atoms with Crippen LogP contribution < -0.4 is 10.1 Å². The van der Waals surface area contributed by atoms with Crippen molar-refractivity contribution in [3.05, 3.63) is 29.6 Å². The third kappa shape index (κ3) is 2.53. The van der Waals surface area contributed by atoms with Crippen LogP contribution in [0.1, 0.15) is 12.5 Å². The maximum atomic E-state index is 13.9. The molecule has 1 aliphatic rings. The molecule has 0 bridgehead atoms. The van der Waals surface area contributed by atoms with E-state index >= 15 is 0 Å². The number of halogens is 1. The zero-order valence-corrected chi connectivity index (χ0v) is 10.7. The van der Waals surface area contributed by atoms with Crippen LogP contribution in [0, 0.1) is 17.7 Å². The lowest BCUT2D eigenvalue weighted by Gasteiger charge is -2.13. The van der Waals surface area contributed by atoms with Gasteiger partial charge in [-0.1, -0.05) is 19.1 Å². The largest absolute Gasteiger partial charge is 0.494 e. The van der Waals surface area contributed by atoms with Crippen LogP contribution in [-0.2, 0) is 11.2 Å². The van der Waals surface area contributed by atoms with Gasteiger partial charge < -0.3 is 10.1 Å². The van der Waals surface area contributed by atoms with Gasteiger partial charge in [-0.2, -0.15) is 0 Å². The van der Waals surface area contributed by atoms with Crippen LogP contribution in [0.4, 0.5) is 4.39 Å². The number of ketones is 1. The second kappa shape index (κ2) is 5.48. The average molecular weight is 251 g/mol. The van der Waals surface area contributed by atoms with E-state index in [1.165, 1.54) is 7.11 Å². The highest BCUT2D eigenvalue weighted by Crippen LogP contribution is 2.23. The number of ether oxygens (including phenoxy) is 1. The predicted octanol–water partition coefficient (Wildman–Crippen LogP) is 1.80. The Kier molecular flexibility index (Phi) is 3.97. The lowest BCUT2D eigenvalue weighted by atomic mass is 9.90. The van der Waals surface area contributed by atoms with Gasteiger partial charge in [0.15, 0.2) is 11.6 Å². The number of benzene rings is 1. The number of hydrogen-bond donors (Lipinski definition) is 1. The molecule has 2 unspecified atom stereocenters. The summed E-state index contributed by atoms with van der Waals surface area (Å²) < 4.78 is 18.8. The molecule has 0 radical (unpaired) electrons. The molecule has 2 atom stereocenters. The molecule has 18 heavy (non-hydrogen) atoms. The standard InChI is InChI=1S/C14H18FNO2/c1-9-7-16-8-11(9)12(17)6-10-4-3-5-13(18-2)14(10)15/h3-5,9,11,16H,6-8H2,1-2H3. The Labute approximate surface area is 106 Å². The molecule has 1 fully saturated rings. The SMILES string of the molecule is COc1cccc(CC(=O)C2CNCC2C)c1F. The third-order valence-corrected chi connectivity index (χ3v) is 3.56. The predicted molar refractivity (Wildman–Crippen MR) is 67.2 cm³/mol. The van der Waals surface area contributed by atoms with Crippen LogP contribution in [0.2, 0.25) is 0 Å². The number of nitrogens with one attached hydrogen (secondary N) is 1. The molecular formula is C14H18FNO2. The van der Waals surface area contributed by atoms with Crippen LogP contribution in [0.25, 0.3) is 0 Å². The highest BCUT2D eigenvalue weighted by molar-refractivity contribution is 5.84. The fourth-order valence-corrected chi connectivity index (χ4v) is 2.41. The number of methoxy groups -OCH3 is 1. The Balaban J connectivity index is 2.12. The summed E-state index contributed by atoms with van der Waals surface area (Å²) in [5.74, 6) is 0.186. The van der Waals surface area contributed by atoms with E-state index in [1.54, 1.807) is 18.2 Å². The molecule has 0 aromatic heterocycles. The molecule has 3 nitrogen and oxygen atoms in total. The maximum Gasteiger partial charge on any atom is 0.168 e. The van der Waals surface area contributed by atoms with Crippen molar-refractivity contribution in [2.45, 2.75) is 13.3 Å². The van der Waals surface area contributed by atoms with Crippen LogP contribution in [0.15, 0.2) is 18.2 Å². The summed E-state index contributed by atoms with van der Waals surface area (Å²) in [4.78, 5) is 12.1. The Morgan fingerprint density at radius 1 is 1.50 bits per heavy atom. The number of carbonyl (C=O) groups is 1. The molecule has 1 heterocycles. The summed E-state index contributed by atoms with van der Waals surface area (Å²) in [5, 5.41) is 3.19. The minimum absolute atomic E-state index is 0.00407.